The predicted octanol–water partition coefficient (Wildman–Crippen LogP) is 3.24. The van der Waals surface area contributed by atoms with Gasteiger partial charge in [-0.15, -0.1) is 0 Å². The summed E-state index contributed by atoms with van der Waals surface area (Å²) in [7, 11) is 0. The first-order valence-electron chi connectivity index (χ1n) is 6.46. The van der Waals surface area contributed by atoms with E-state index in [4.69, 9.17) is 4.74 Å². The SMILES string of the molecule is CCCC[C@H](C(=O)OCC)C(=O)c1ccccc1. The fraction of sp³-hybridized carbons (Fsp3) is 0.467. The normalized spacial score (nSPS) is 11.9. The smallest absolute Gasteiger partial charge is 0.316 e. The number of hydrogen-bond acceptors (Lipinski definition) is 3. The van der Waals surface area contributed by atoms with E-state index >= 15 is 0 Å². The minimum Gasteiger partial charge on any atom is -0.465 e. The van der Waals surface area contributed by atoms with Crippen molar-refractivity contribution in [3.63, 3.8) is 0 Å². The predicted molar refractivity (Wildman–Crippen MR) is 70.4 cm³/mol. The van der Waals surface area contributed by atoms with Gasteiger partial charge in [-0.05, 0) is 13.3 Å². The van der Waals surface area contributed by atoms with Crippen LogP contribution in [0.4, 0.5) is 0 Å². The number of Topliss-reactive ketones (excluding diaryl/α,β-unsaturated/α-hetero) is 1. The second-order valence-electron chi connectivity index (χ2n) is 4.18. The highest BCUT2D eigenvalue weighted by Crippen LogP contribution is 2.17. The lowest BCUT2D eigenvalue weighted by Gasteiger charge is -2.14. The summed E-state index contributed by atoms with van der Waals surface area (Å²) in [5, 5.41) is 0. The highest BCUT2D eigenvalue weighted by Gasteiger charge is 2.27. The number of carbonyl (C=O) groups is 2. The molecule has 0 aromatic heterocycles. The minimum absolute atomic E-state index is 0.137. The van der Waals surface area contributed by atoms with Gasteiger partial charge in [0.25, 0.3) is 0 Å². The molecule has 0 N–H and O–H groups in total. The Morgan fingerprint density at radius 3 is 2.39 bits per heavy atom. The van der Waals surface area contributed by atoms with Crippen molar-refractivity contribution in [2.75, 3.05) is 6.61 Å². The van der Waals surface area contributed by atoms with Crippen molar-refractivity contribution in [3.8, 4) is 0 Å². The molecule has 0 aliphatic rings. The zero-order valence-electron chi connectivity index (χ0n) is 11.0. The number of esters is 1. The first kappa shape index (κ1) is 14.4. The van der Waals surface area contributed by atoms with E-state index in [9.17, 15) is 9.59 Å². The molecule has 1 rings (SSSR count). The summed E-state index contributed by atoms with van der Waals surface area (Å²) in [4.78, 5) is 24.1. The summed E-state index contributed by atoms with van der Waals surface area (Å²) in [6.45, 7) is 4.10. The van der Waals surface area contributed by atoms with E-state index in [-0.39, 0.29) is 5.78 Å². The summed E-state index contributed by atoms with van der Waals surface area (Å²) in [5.41, 5.74) is 0.576. The molecule has 0 unspecified atom stereocenters. The molecular formula is C15H20O3. The lowest BCUT2D eigenvalue weighted by molar-refractivity contribution is -0.146. The molecule has 0 aliphatic heterocycles. The van der Waals surface area contributed by atoms with E-state index < -0.39 is 11.9 Å². The molecule has 0 spiro atoms. The Bertz CT molecular complexity index is 384. The molecule has 0 radical (unpaired) electrons. The van der Waals surface area contributed by atoms with Crippen molar-refractivity contribution in [2.24, 2.45) is 5.92 Å². The van der Waals surface area contributed by atoms with Gasteiger partial charge in [-0.3, -0.25) is 9.59 Å². The van der Waals surface area contributed by atoms with Gasteiger partial charge in [-0.1, -0.05) is 50.1 Å². The van der Waals surface area contributed by atoms with Crippen LogP contribution < -0.4 is 0 Å². The lowest BCUT2D eigenvalue weighted by atomic mass is 9.93. The average Bonchev–Trinajstić information content (AvgIpc) is 2.40. The number of rotatable bonds is 7. The second kappa shape index (κ2) is 7.64. The van der Waals surface area contributed by atoms with E-state index in [0.717, 1.165) is 12.8 Å². The molecule has 0 fully saturated rings. The van der Waals surface area contributed by atoms with Crippen LogP contribution in [0.1, 0.15) is 43.5 Å². The van der Waals surface area contributed by atoms with Crippen LogP contribution in [0.15, 0.2) is 30.3 Å². The Morgan fingerprint density at radius 2 is 1.83 bits per heavy atom. The van der Waals surface area contributed by atoms with E-state index in [0.29, 0.717) is 18.6 Å². The fourth-order valence-corrected chi connectivity index (χ4v) is 1.81. The second-order valence-corrected chi connectivity index (χ2v) is 4.18. The molecule has 0 aliphatic carbocycles. The van der Waals surface area contributed by atoms with Crippen LogP contribution >= 0.6 is 0 Å². The molecule has 0 heterocycles. The molecule has 1 aromatic rings. The Morgan fingerprint density at radius 1 is 1.17 bits per heavy atom. The van der Waals surface area contributed by atoms with Gasteiger partial charge in [0.15, 0.2) is 5.78 Å². The maximum Gasteiger partial charge on any atom is 0.316 e. The van der Waals surface area contributed by atoms with Crippen LogP contribution in [0.3, 0.4) is 0 Å². The number of hydrogen-bond donors (Lipinski definition) is 0. The Kier molecular flexibility index (Phi) is 6.12. The van der Waals surface area contributed by atoms with Crippen molar-refractivity contribution in [2.45, 2.75) is 33.1 Å². The molecule has 1 aromatic carbocycles. The van der Waals surface area contributed by atoms with Gasteiger partial charge in [0, 0.05) is 5.56 Å². The fourth-order valence-electron chi connectivity index (χ4n) is 1.81. The highest BCUT2D eigenvalue weighted by molar-refractivity contribution is 6.08. The van der Waals surface area contributed by atoms with Crippen LogP contribution in [0, 0.1) is 5.92 Å². The van der Waals surface area contributed by atoms with Crippen molar-refractivity contribution < 1.29 is 14.3 Å². The van der Waals surface area contributed by atoms with E-state index in [2.05, 4.69) is 0 Å². The van der Waals surface area contributed by atoms with Crippen molar-refractivity contribution in [3.05, 3.63) is 35.9 Å². The van der Waals surface area contributed by atoms with Crippen molar-refractivity contribution in [1.29, 1.82) is 0 Å². The number of ketones is 1. The molecule has 0 saturated heterocycles. The molecule has 18 heavy (non-hydrogen) atoms. The van der Waals surface area contributed by atoms with Gasteiger partial charge in [0.2, 0.25) is 0 Å². The van der Waals surface area contributed by atoms with Gasteiger partial charge in [0.05, 0.1) is 6.61 Å². The quantitative estimate of drug-likeness (QED) is 0.422. The van der Waals surface area contributed by atoms with Crippen LogP contribution in [0.25, 0.3) is 0 Å². The van der Waals surface area contributed by atoms with Gasteiger partial charge in [0.1, 0.15) is 5.92 Å². The number of unbranched alkanes of at least 4 members (excludes halogenated alkanes) is 1. The Balaban J connectivity index is 2.82. The van der Waals surface area contributed by atoms with E-state index in [1.165, 1.54) is 0 Å². The molecule has 1 atom stereocenters. The molecule has 98 valence electrons. The van der Waals surface area contributed by atoms with Gasteiger partial charge in [-0.2, -0.15) is 0 Å². The Hall–Kier alpha value is -1.64. The minimum atomic E-state index is -0.660. The topological polar surface area (TPSA) is 43.4 Å². The third kappa shape index (κ3) is 3.99. The molecular weight excluding hydrogens is 228 g/mol. The molecule has 0 amide bonds. The summed E-state index contributed by atoms with van der Waals surface area (Å²) < 4.78 is 4.98. The van der Waals surface area contributed by atoms with Gasteiger partial charge < -0.3 is 4.74 Å². The zero-order valence-corrected chi connectivity index (χ0v) is 11.0. The number of carbonyl (C=O) groups excluding carboxylic acids is 2. The lowest BCUT2D eigenvalue weighted by Crippen LogP contribution is -2.26. The monoisotopic (exact) mass is 248 g/mol. The first-order chi connectivity index (χ1) is 8.70. The van der Waals surface area contributed by atoms with Crippen LogP contribution in [0.5, 0.6) is 0 Å². The van der Waals surface area contributed by atoms with Crippen LogP contribution in [-0.2, 0) is 9.53 Å². The average molecular weight is 248 g/mol. The highest BCUT2D eigenvalue weighted by atomic mass is 16.5. The van der Waals surface area contributed by atoms with Crippen LogP contribution in [-0.4, -0.2) is 18.4 Å². The summed E-state index contributed by atoms with van der Waals surface area (Å²) >= 11 is 0. The summed E-state index contributed by atoms with van der Waals surface area (Å²) in [6, 6.07) is 8.92. The molecule has 3 nitrogen and oxygen atoms in total. The third-order valence-corrected chi connectivity index (χ3v) is 2.79. The molecule has 3 heteroatoms. The van der Waals surface area contributed by atoms with E-state index in [1.54, 1.807) is 31.2 Å². The number of benzene rings is 1. The van der Waals surface area contributed by atoms with Crippen molar-refractivity contribution >= 4 is 11.8 Å². The van der Waals surface area contributed by atoms with Gasteiger partial charge in [-0.25, -0.2) is 0 Å². The van der Waals surface area contributed by atoms with Crippen molar-refractivity contribution in [1.82, 2.24) is 0 Å². The maximum atomic E-state index is 12.3. The number of ether oxygens (including phenoxy) is 1. The maximum absolute atomic E-state index is 12.3. The van der Waals surface area contributed by atoms with Gasteiger partial charge >= 0.3 is 5.97 Å². The summed E-state index contributed by atoms with van der Waals surface area (Å²) in [5.74, 6) is -1.20. The summed E-state index contributed by atoms with van der Waals surface area (Å²) in [6.07, 6.45) is 2.36. The zero-order chi connectivity index (χ0) is 13.4. The van der Waals surface area contributed by atoms with E-state index in [1.807, 2.05) is 13.0 Å². The largest absolute Gasteiger partial charge is 0.465 e. The third-order valence-electron chi connectivity index (χ3n) is 2.79. The Labute approximate surface area is 108 Å². The standard InChI is InChI=1S/C15H20O3/c1-3-5-11-13(15(17)18-4-2)14(16)12-9-7-6-8-10-12/h6-10,13H,3-5,11H2,1-2H3/t13-/m0/s1. The molecule has 0 saturated carbocycles. The molecule has 0 bridgehead atoms. The van der Waals surface area contributed by atoms with Crippen LogP contribution in [0.2, 0.25) is 0 Å². The first-order valence-corrected chi connectivity index (χ1v) is 6.46.